The molecule has 29 heavy (non-hydrogen) atoms. The number of hydrogen-bond acceptors (Lipinski definition) is 3. The summed E-state index contributed by atoms with van der Waals surface area (Å²) in [7, 11) is 0. The van der Waals surface area contributed by atoms with Gasteiger partial charge < -0.3 is 10.0 Å². The van der Waals surface area contributed by atoms with Crippen molar-refractivity contribution < 1.29 is 19.5 Å². The molecule has 0 radical (unpaired) electrons. The van der Waals surface area contributed by atoms with Gasteiger partial charge in [-0.1, -0.05) is 55.1 Å². The van der Waals surface area contributed by atoms with Gasteiger partial charge in [-0.25, -0.2) is 0 Å². The first-order valence-electron chi connectivity index (χ1n) is 9.61. The average Bonchev–Trinajstić information content (AvgIpc) is 2.99. The molecule has 0 aromatic heterocycles. The lowest BCUT2D eigenvalue weighted by Gasteiger charge is -2.39. The minimum Gasteiger partial charge on any atom is -0.481 e. The molecule has 4 rings (SSSR count). The van der Waals surface area contributed by atoms with Gasteiger partial charge in [0, 0.05) is 29.9 Å². The monoisotopic (exact) mass is 390 g/mol. The van der Waals surface area contributed by atoms with Crippen molar-refractivity contribution in [2.45, 2.75) is 18.3 Å². The van der Waals surface area contributed by atoms with Gasteiger partial charge >= 0.3 is 5.97 Å². The Kier molecular flexibility index (Phi) is 4.70. The zero-order chi connectivity index (χ0) is 20.6. The van der Waals surface area contributed by atoms with Crippen molar-refractivity contribution in [3.05, 3.63) is 77.9 Å². The molecule has 1 fully saturated rings. The summed E-state index contributed by atoms with van der Waals surface area (Å²) < 4.78 is 0. The maximum Gasteiger partial charge on any atom is 0.314 e. The van der Waals surface area contributed by atoms with Crippen molar-refractivity contribution in [3.63, 3.8) is 0 Å². The second-order valence-electron chi connectivity index (χ2n) is 7.52. The number of rotatable bonds is 4. The summed E-state index contributed by atoms with van der Waals surface area (Å²) >= 11 is 0. The molecule has 2 aromatic carbocycles. The highest BCUT2D eigenvalue weighted by Gasteiger charge is 2.44. The summed E-state index contributed by atoms with van der Waals surface area (Å²) in [5.41, 5.74) is 1.61. The number of piperidine rings is 1. The lowest BCUT2D eigenvalue weighted by atomic mass is 9.73. The summed E-state index contributed by atoms with van der Waals surface area (Å²) in [6, 6.07) is 16.4. The summed E-state index contributed by atoms with van der Waals surface area (Å²) in [5, 5.41) is 9.90. The first-order valence-corrected chi connectivity index (χ1v) is 9.61. The van der Waals surface area contributed by atoms with E-state index in [9.17, 15) is 19.5 Å². The lowest BCUT2D eigenvalue weighted by molar-refractivity contribution is -0.148. The molecule has 0 unspecified atom stereocenters. The third-order valence-corrected chi connectivity index (χ3v) is 6.04. The second kappa shape index (κ2) is 7.20. The van der Waals surface area contributed by atoms with Gasteiger partial charge in [0.1, 0.15) is 6.54 Å². The number of carbonyl (C=O) groups excluding carboxylic acids is 2. The van der Waals surface area contributed by atoms with Crippen LogP contribution in [0.3, 0.4) is 0 Å². The number of fused-ring (bicyclic) bond motifs is 1. The normalized spacial score (nSPS) is 17.9. The van der Waals surface area contributed by atoms with E-state index in [0.29, 0.717) is 37.2 Å². The first kappa shape index (κ1) is 18.9. The van der Waals surface area contributed by atoms with E-state index >= 15 is 0 Å². The number of carboxylic acids is 1. The highest BCUT2D eigenvalue weighted by molar-refractivity contribution is 6.10. The van der Waals surface area contributed by atoms with Gasteiger partial charge in [-0.15, -0.1) is 0 Å². The van der Waals surface area contributed by atoms with Crippen LogP contribution in [0.4, 0.5) is 0 Å². The van der Waals surface area contributed by atoms with Crippen LogP contribution >= 0.6 is 0 Å². The summed E-state index contributed by atoms with van der Waals surface area (Å²) in [5.74, 6) is -1.28. The molecule has 0 bridgehead atoms. The predicted octanol–water partition coefficient (Wildman–Crippen LogP) is 2.76. The van der Waals surface area contributed by atoms with Gasteiger partial charge in [0.05, 0.1) is 5.41 Å². The standard InChI is InChI=1S/C23H22N2O4/c1-16-18-9-5-6-10-19(18)21(27)25(16)15-20(26)24-13-11-23(12-14-24,22(28)29)17-7-3-2-4-8-17/h2-10H,1,11-15H2,(H,28,29). The fourth-order valence-electron chi connectivity index (χ4n) is 4.26. The summed E-state index contributed by atoms with van der Waals surface area (Å²) in [6.07, 6.45) is 0.681. The zero-order valence-electron chi connectivity index (χ0n) is 16.0. The zero-order valence-corrected chi connectivity index (χ0v) is 16.0. The van der Waals surface area contributed by atoms with E-state index in [2.05, 4.69) is 6.58 Å². The fourth-order valence-corrected chi connectivity index (χ4v) is 4.26. The number of carbonyl (C=O) groups is 3. The molecule has 0 saturated carbocycles. The van der Waals surface area contributed by atoms with E-state index in [1.165, 1.54) is 4.90 Å². The smallest absolute Gasteiger partial charge is 0.314 e. The number of amides is 2. The topological polar surface area (TPSA) is 77.9 Å². The Bertz CT molecular complexity index is 956. The molecule has 1 saturated heterocycles. The molecule has 1 N–H and O–H groups in total. The molecule has 6 nitrogen and oxygen atoms in total. The van der Waals surface area contributed by atoms with Crippen molar-refractivity contribution in [1.82, 2.24) is 9.80 Å². The molecule has 148 valence electrons. The van der Waals surface area contributed by atoms with Crippen LogP contribution in [0.25, 0.3) is 5.70 Å². The summed E-state index contributed by atoms with van der Waals surface area (Å²) in [4.78, 5) is 40.6. The molecule has 0 atom stereocenters. The predicted molar refractivity (Wildman–Crippen MR) is 108 cm³/mol. The highest BCUT2D eigenvalue weighted by atomic mass is 16.4. The van der Waals surface area contributed by atoms with Crippen molar-refractivity contribution in [1.29, 1.82) is 0 Å². The van der Waals surface area contributed by atoms with Crippen LogP contribution in [-0.4, -0.2) is 52.3 Å². The molecule has 2 aromatic rings. The number of benzene rings is 2. The Balaban J connectivity index is 1.45. The van der Waals surface area contributed by atoms with Gasteiger partial charge in [-0.3, -0.25) is 19.3 Å². The van der Waals surface area contributed by atoms with Gasteiger partial charge in [-0.05, 0) is 24.5 Å². The Morgan fingerprint density at radius 3 is 2.14 bits per heavy atom. The third kappa shape index (κ3) is 3.10. The van der Waals surface area contributed by atoms with E-state index in [0.717, 1.165) is 11.1 Å². The SMILES string of the molecule is C=C1c2ccccc2C(=O)N1CC(=O)N1CCC(C(=O)O)(c2ccccc2)CC1. The lowest BCUT2D eigenvalue weighted by Crippen LogP contribution is -2.51. The minimum atomic E-state index is -0.985. The molecule has 0 aliphatic carbocycles. The minimum absolute atomic E-state index is 0.0856. The maximum atomic E-state index is 12.9. The summed E-state index contributed by atoms with van der Waals surface area (Å²) in [6.45, 7) is 4.55. The largest absolute Gasteiger partial charge is 0.481 e. The van der Waals surface area contributed by atoms with Gasteiger partial charge in [0.25, 0.3) is 5.91 Å². The third-order valence-electron chi connectivity index (χ3n) is 6.04. The van der Waals surface area contributed by atoms with Gasteiger partial charge in [0.15, 0.2) is 0 Å². The van der Waals surface area contributed by atoms with Crippen LogP contribution in [0, 0.1) is 0 Å². The highest BCUT2D eigenvalue weighted by Crippen LogP contribution is 2.36. The number of nitrogens with zero attached hydrogens (tertiary/aromatic N) is 2. The van der Waals surface area contributed by atoms with Crippen LogP contribution in [0.15, 0.2) is 61.2 Å². The Morgan fingerprint density at radius 2 is 1.55 bits per heavy atom. The van der Waals surface area contributed by atoms with E-state index in [1.807, 2.05) is 42.5 Å². The fraction of sp³-hybridized carbons (Fsp3) is 0.261. The van der Waals surface area contributed by atoms with Crippen molar-refractivity contribution >= 4 is 23.5 Å². The second-order valence-corrected chi connectivity index (χ2v) is 7.52. The molecule has 2 heterocycles. The number of likely N-dealkylation sites (tertiary alicyclic amines) is 1. The number of hydrogen-bond donors (Lipinski definition) is 1. The molecule has 2 aliphatic heterocycles. The number of aliphatic carboxylic acids is 1. The maximum absolute atomic E-state index is 12.9. The molecule has 0 spiro atoms. The van der Waals surface area contributed by atoms with Crippen molar-refractivity contribution in [3.8, 4) is 0 Å². The van der Waals surface area contributed by atoms with Crippen LogP contribution in [0.2, 0.25) is 0 Å². The first-order chi connectivity index (χ1) is 13.9. The molecular formula is C23H22N2O4. The number of carboxylic acid groups (broad SMARTS) is 1. The quantitative estimate of drug-likeness (QED) is 0.871. The van der Waals surface area contributed by atoms with Crippen molar-refractivity contribution in [2.24, 2.45) is 0 Å². The molecular weight excluding hydrogens is 368 g/mol. The molecule has 2 aliphatic rings. The molecule has 2 amide bonds. The Hall–Kier alpha value is -3.41. The molecule has 6 heteroatoms. The van der Waals surface area contributed by atoms with Crippen LogP contribution in [0.5, 0.6) is 0 Å². The van der Waals surface area contributed by atoms with Crippen LogP contribution in [-0.2, 0) is 15.0 Å². The Labute approximate surface area is 169 Å². The Morgan fingerprint density at radius 1 is 0.966 bits per heavy atom. The van der Waals surface area contributed by atoms with Crippen LogP contribution in [0.1, 0.15) is 34.3 Å². The average molecular weight is 390 g/mol. The van der Waals surface area contributed by atoms with E-state index in [4.69, 9.17) is 0 Å². The van der Waals surface area contributed by atoms with Crippen molar-refractivity contribution in [2.75, 3.05) is 19.6 Å². The van der Waals surface area contributed by atoms with Gasteiger partial charge in [0.2, 0.25) is 5.91 Å². The van der Waals surface area contributed by atoms with E-state index in [-0.39, 0.29) is 18.4 Å². The van der Waals surface area contributed by atoms with Gasteiger partial charge in [-0.2, -0.15) is 0 Å². The van der Waals surface area contributed by atoms with Crippen LogP contribution < -0.4 is 0 Å². The van der Waals surface area contributed by atoms with E-state index in [1.54, 1.807) is 17.0 Å². The van der Waals surface area contributed by atoms with E-state index < -0.39 is 11.4 Å².